The molecule has 2 rings (SSSR count). The zero-order valence-corrected chi connectivity index (χ0v) is 14.8. The van der Waals surface area contributed by atoms with Crippen molar-refractivity contribution in [1.29, 1.82) is 0 Å². The molecule has 0 aromatic rings. The Morgan fingerprint density at radius 2 is 1.71 bits per heavy atom. The lowest BCUT2D eigenvalue weighted by Crippen LogP contribution is -2.48. The maximum atomic E-state index is 3.67. The zero-order chi connectivity index (χ0) is 15.1. The lowest BCUT2D eigenvalue weighted by atomic mass is 9.70. The summed E-state index contributed by atoms with van der Waals surface area (Å²) >= 11 is 0. The molecule has 0 radical (unpaired) electrons. The number of hydrogen-bond acceptors (Lipinski definition) is 2. The fourth-order valence-corrected chi connectivity index (χ4v) is 4.47. The molecule has 2 nitrogen and oxygen atoms in total. The Bertz CT molecular complexity index is 268. The van der Waals surface area contributed by atoms with Crippen molar-refractivity contribution >= 4 is 0 Å². The molecule has 0 amide bonds. The molecule has 21 heavy (non-hydrogen) atoms. The van der Waals surface area contributed by atoms with E-state index in [0.717, 1.165) is 18.4 Å². The maximum Gasteiger partial charge on any atom is 0.00501 e. The first-order valence-corrected chi connectivity index (χ1v) is 9.60. The van der Waals surface area contributed by atoms with Crippen molar-refractivity contribution in [2.75, 3.05) is 32.7 Å². The monoisotopic (exact) mass is 294 g/mol. The van der Waals surface area contributed by atoms with Gasteiger partial charge < -0.3 is 10.2 Å². The number of nitrogens with zero attached hydrogens (tertiary/aromatic N) is 1. The van der Waals surface area contributed by atoms with Crippen LogP contribution < -0.4 is 5.32 Å². The second-order valence-corrected chi connectivity index (χ2v) is 7.97. The minimum Gasteiger partial charge on any atom is -0.316 e. The van der Waals surface area contributed by atoms with Crippen molar-refractivity contribution in [3.8, 4) is 0 Å². The third kappa shape index (κ3) is 5.25. The molecule has 1 N–H and O–H groups in total. The Morgan fingerprint density at radius 3 is 2.29 bits per heavy atom. The number of hydrogen-bond donors (Lipinski definition) is 1. The highest BCUT2D eigenvalue weighted by Gasteiger charge is 2.36. The summed E-state index contributed by atoms with van der Waals surface area (Å²) in [5, 5.41) is 3.67. The van der Waals surface area contributed by atoms with E-state index in [9.17, 15) is 0 Å². The highest BCUT2D eigenvalue weighted by Crippen LogP contribution is 2.40. The molecular weight excluding hydrogens is 256 g/mol. The summed E-state index contributed by atoms with van der Waals surface area (Å²) in [5.41, 5.74) is 0.570. The second kappa shape index (κ2) is 8.53. The molecule has 0 aromatic carbocycles. The Hall–Kier alpha value is -0.0800. The van der Waals surface area contributed by atoms with E-state index in [1.54, 1.807) is 0 Å². The summed E-state index contributed by atoms with van der Waals surface area (Å²) in [6.45, 7) is 13.4. The molecule has 1 aliphatic heterocycles. The first-order valence-electron chi connectivity index (χ1n) is 9.60. The van der Waals surface area contributed by atoms with Gasteiger partial charge in [-0.2, -0.15) is 0 Å². The molecule has 124 valence electrons. The minimum absolute atomic E-state index is 0.570. The van der Waals surface area contributed by atoms with Crippen LogP contribution in [-0.2, 0) is 0 Å². The molecule has 2 fully saturated rings. The Labute approximate surface area is 133 Å². The van der Waals surface area contributed by atoms with E-state index < -0.39 is 0 Å². The van der Waals surface area contributed by atoms with Crippen molar-refractivity contribution in [3.63, 3.8) is 0 Å². The number of likely N-dealkylation sites (tertiary alicyclic amines) is 1. The van der Waals surface area contributed by atoms with Crippen LogP contribution in [-0.4, -0.2) is 37.6 Å². The zero-order valence-electron chi connectivity index (χ0n) is 14.8. The van der Waals surface area contributed by atoms with Gasteiger partial charge in [0, 0.05) is 13.1 Å². The number of nitrogens with one attached hydrogen (secondary N) is 1. The smallest absolute Gasteiger partial charge is 0.00501 e. The predicted octanol–water partition coefficient (Wildman–Crippen LogP) is 4.30. The van der Waals surface area contributed by atoms with Crippen LogP contribution >= 0.6 is 0 Å². The van der Waals surface area contributed by atoms with Crippen molar-refractivity contribution in [2.45, 2.75) is 72.1 Å². The third-order valence-corrected chi connectivity index (χ3v) is 6.05. The summed E-state index contributed by atoms with van der Waals surface area (Å²) in [6, 6.07) is 0. The molecular formula is C19H38N2. The van der Waals surface area contributed by atoms with Crippen LogP contribution in [0.3, 0.4) is 0 Å². The average Bonchev–Trinajstić information content (AvgIpc) is 2.51. The molecule has 1 aliphatic carbocycles. The van der Waals surface area contributed by atoms with Gasteiger partial charge in [0.05, 0.1) is 0 Å². The lowest BCUT2D eigenvalue weighted by molar-refractivity contribution is 0.0655. The van der Waals surface area contributed by atoms with Crippen LogP contribution in [0.25, 0.3) is 0 Å². The van der Waals surface area contributed by atoms with Crippen LogP contribution in [0.15, 0.2) is 0 Å². The maximum absolute atomic E-state index is 3.67. The standard InChI is InChI=1S/C19H38N2/c1-4-6-18-9-13-21(14-10-18)16-19(15-20-5-2)11-7-17(3)8-12-19/h17-18,20H,4-16H2,1-3H3. The highest BCUT2D eigenvalue weighted by atomic mass is 15.1. The lowest BCUT2D eigenvalue weighted by Gasteiger charge is -2.44. The van der Waals surface area contributed by atoms with Gasteiger partial charge in [0.2, 0.25) is 0 Å². The number of piperidine rings is 1. The Balaban J connectivity index is 1.84. The summed E-state index contributed by atoms with van der Waals surface area (Å²) in [4.78, 5) is 2.79. The van der Waals surface area contributed by atoms with Gasteiger partial charge in [-0.05, 0) is 62.6 Å². The normalized spacial score (nSPS) is 32.4. The van der Waals surface area contributed by atoms with Crippen molar-refractivity contribution < 1.29 is 0 Å². The summed E-state index contributed by atoms with van der Waals surface area (Å²) in [5.74, 6) is 1.97. The van der Waals surface area contributed by atoms with Crippen LogP contribution in [0.4, 0.5) is 0 Å². The first kappa shape index (κ1) is 17.3. The van der Waals surface area contributed by atoms with E-state index in [4.69, 9.17) is 0 Å². The Morgan fingerprint density at radius 1 is 1.05 bits per heavy atom. The molecule has 0 bridgehead atoms. The Kier molecular flexibility index (Phi) is 7.01. The van der Waals surface area contributed by atoms with Gasteiger partial charge in [-0.15, -0.1) is 0 Å². The van der Waals surface area contributed by atoms with Gasteiger partial charge in [-0.1, -0.05) is 46.5 Å². The topological polar surface area (TPSA) is 15.3 Å². The quantitative estimate of drug-likeness (QED) is 0.753. The van der Waals surface area contributed by atoms with Crippen LogP contribution in [0.1, 0.15) is 72.1 Å². The van der Waals surface area contributed by atoms with E-state index in [2.05, 4.69) is 31.0 Å². The van der Waals surface area contributed by atoms with Gasteiger partial charge >= 0.3 is 0 Å². The molecule has 1 saturated carbocycles. The summed E-state index contributed by atoms with van der Waals surface area (Å²) < 4.78 is 0. The molecule has 1 heterocycles. The van der Waals surface area contributed by atoms with Crippen molar-refractivity contribution in [1.82, 2.24) is 10.2 Å². The average molecular weight is 295 g/mol. The predicted molar refractivity (Wildman–Crippen MR) is 92.7 cm³/mol. The minimum atomic E-state index is 0.570. The molecule has 2 aliphatic rings. The van der Waals surface area contributed by atoms with Crippen LogP contribution in [0.2, 0.25) is 0 Å². The molecule has 0 atom stereocenters. The van der Waals surface area contributed by atoms with E-state index >= 15 is 0 Å². The SMILES string of the molecule is CCCC1CCN(CC2(CNCC)CCC(C)CC2)CC1. The van der Waals surface area contributed by atoms with E-state index in [-0.39, 0.29) is 0 Å². The number of rotatable bonds is 7. The van der Waals surface area contributed by atoms with Crippen LogP contribution in [0, 0.1) is 17.3 Å². The van der Waals surface area contributed by atoms with Gasteiger partial charge in [-0.25, -0.2) is 0 Å². The molecule has 0 spiro atoms. The van der Waals surface area contributed by atoms with Crippen molar-refractivity contribution in [2.24, 2.45) is 17.3 Å². The summed E-state index contributed by atoms with van der Waals surface area (Å²) in [7, 11) is 0. The highest BCUT2D eigenvalue weighted by molar-refractivity contribution is 4.90. The van der Waals surface area contributed by atoms with E-state index in [0.29, 0.717) is 5.41 Å². The van der Waals surface area contributed by atoms with Crippen LogP contribution in [0.5, 0.6) is 0 Å². The largest absolute Gasteiger partial charge is 0.316 e. The van der Waals surface area contributed by atoms with Crippen molar-refractivity contribution in [3.05, 3.63) is 0 Å². The van der Waals surface area contributed by atoms with E-state index in [1.807, 2.05) is 0 Å². The summed E-state index contributed by atoms with van der Waals surface area (Å²) in [6.07, 6.45) is 11.5. The fourth-order valence-electron chi connectivity index (χ4n) is 4.47. The van der Waals surface area contributed by atoms with E-state index in [1.165, 1.54) is 77.5 Å². The molecule has 0 unspecified atom stereocenters. The van der Waals surface area contributed by atoms with Gasteiger partial charge in [0.25, 0.3) is 0 Å². The van der Waals surface area contributed by atoms with Gasteiger partial charge in [0.15, 0.2) is 0 Å². The van der Waals surface area contributed by atoms with Gasteiger partial charge in [-0.3, -0.25) is 0 Å². The molecule has 0 aromatic heterocycles. The second-order valence-electron chi connectivity index (χ2n) is 7.97. The fraction of sp³-hybridized carbons (Fsp3) is 1.00. The van der Waals surface area contributed by atoms with Gasteiger partial charge in [0.1, 0.15) is 0 Å². The first-order chi connectivity index (χ1) is 10.2. The molecule has 1 saturated heterocycles. The third-order valence-electron chi connectivity index (χ3n) is 6.05. The molecule has 2 heteroatoms.